The average Bonchev–Trinajstić information content (AvgIpc) is 3.17. The van der Waals surface area contributed by atoms with Gasteiger partial charge in [0, 0.05) is 11.3 Å². The van der Waals surface area contributed by atoms with Crippen LogP contribution >= 0.6 is 11.3 Å². The molecule has 1 aliphatic rings. The number of thiophene rings is 1. The molecule has 1 aromatic heterocycles. The molecule has 0 saturated heterocycles. The van der Waals surface area contributed by atoms with E-state index in [2.05, 4.69) is 41.7 Å². The summed E-state index contributed by atoms with van der Waals surface area (Å²) < 4.78 is 0. The lowest BCUT2D eigenvalue weighted by atomic mass is 10.1. The number of hydrogen-bond acceptors (Lipinski definition) is 3. The summed E-state index contributed by atoms with van der Waals surface area (Å²) in [6.45, 7) is 2.06. The van der Waals surface area contributed by atoms with Crippen molar-refractivity contribution in [3.63, 3.8) is 0 Å². The van der Waals surface area contributed by atoms with E-state index in [1.54, 1.807) is 0 Å². The molecule has 1 fully saturated rings. The Morgan fingerprint density at radius 3 is 2.57 bits per heavy atom. The second-order valence-electron chi connectivity index (χ2n) is 5.36. The maximum atomic E-state index is 12.3. The number of nitrogens with zero attached hydrogens (tertiary/aromatic N) is 1. The fourth-order valence-electron chi connectivity index (χ4n) is 2.52. The largest absolute Gasteiger partial charge is 0.282 e. The Balaban J connectivity index is 1.79. The highest BCUT2D eigenvalue weighted by molar-refractivity contribution is 7.12. The lowest BCUT2D eigenvalue weighted by molar-refractivity contribution is 0.0959. The summed E-state index contributed by atoms with van der Waals surface area (Å²) in [4.78, 5) is 13.0. The van der Waals surface area contributed by atoms with Crippen LogP contribution in [0.15, 0.2) is 40.8 Å². The minimum Gasteiger partial charge on any atom is -0.266 e. The van der Waals surface area contributed by atoms with Gasteiger partial charge in [-0.2, -0.15) is 5.10 Å². The van der Waals surface area contributed by atoms with Crippen molar-refractivity contribution >= 4 is 23.0 Å². The zero-order valence-corrected chi connectivity index (χ0v) is 12.9. The number of hydrogen-bond donors (Lipinski definition) is 1. The molecule has 3 rings (SSSR count). The fourth-order valence-corrected chi connectivity index (χ4v) is 3.33. The number of rotatable bonds is 3. The smallest absolute Gasteiger partial charge is 0.266 e. The van der Waals surface area contributed by atoms with Crippen LogP contribution in [0.1, 0.15) is 40.9 Å². The SMILES string of the molecule is Cc1ccc(-c2ccsc2C(=O)NN=C2CCCC2)cc1. The molecule has 1 amide bonds. The van der Waals surface area contributed by atoms with Crippen molar-refractivity contribution in [2.24, 2.45) is 5.10 Å². The number of amides is 1. The first kappa shape index (κ1) is 14.0. The minimum atomic E-state index is -0.111. The Morgan fingerprint density at radius 1 is 1.14 bits per heavy atom. The zero-order chi connectivity index (χ0) is 14.7. The normalized spacial score (nSPS) is 14.2. The van der Waals surface area contributed by atoms with E-state index in [1.807, 2.05) is 11.4 Å². The van der Waals surface area contributed by atoms with E-state index in [1.165, 1.54) is 29.7 Å². The molecule has 1 saturated carbocycles. The molecule has 21 heavy (non-hydrogen) atoms. The van der Waals surface area contributed by atoms with Crippen molar-refractivity contribution in [1.29, 1.82) is 0 Å². The molecule has 0 unspecified atom stereocenters. The fraction of sp³-hybridized carbons (Fsp3) is 0.294. The number of nitrogens with one attached hydrogen (secondary N) is 1. The molecule has 0 atom stereocenters. The molecule has 1 aromatic carbocycles. The second-order valence-corrected chi connectivity index (χ2v) is 6.27. The van der Waals surface area contributed by atoms with Gasteiger partial charge in [-0.3, -0.25) is 4.79 Å². The van der Waals surface area contributed by atoms with Gasteiger partial charge in [-0.1, -0.05) is 29.8 Å². The van der Waals surface area contributed by atoms with Gasteiger partial charge in [0.2, 0.25) is 0 Å². The van der Waals surface area contributed by atoms with Crippen LogP contribution in [0.4, 0.5) is 0 Å². The summed E-state index contributed by atoms with van der Waals surface area (Å²) in [5.74, 6) is -0.111. The maximum Gasteiger partial charge on any atom is 0.282 e. The topological polar surface area (TPSA) is 41.5 Å². The Morgan fingerprint density at radius 2 is 1.86 bits per heavy atom. The van der Waals surface area contributed by atoms with E-state index < -0.39 is 0 Å². The molecular weight excluding hydrogens is 280 g/mol. The summed E-state index contributed by atoms with van der Waals surface area (Å²) in [6.07, 6.45) is 4.38. The quantitative estimate of drug-likeness (QED) is 0.839. The number of hydrazone groups is 1. The van der Waals surface area contributed by atoms with Crippen molar-refractivity contribution in [3.8, 4) is 11.1 Å². The van der Waals surface area contributed by atoms with E-state index >= 15 is 0 Å². The van der Waals surface area contributed by atoms with Gasteiger partial charge < -0.3 is 0 Å². The van der Waals surface area contributed by atoms with Crippen LogP contribution in [0.3, 0.4) is 0 Å². The van der Waals surface area contributed by atoms with Crippen LogP contribution in [0, 0.1) is 6.92 Å². The van der Waals surface area contributed by atoms with Gasteiger partial charge in [0.05, 0.1) is 0 Å². The number of carbonyl (C=O) groups is 1. The summed E-state index contributed by atoms with van der Waals surface area (Å²) in [6, 6.07) is 10.2. The first-order chi connectivity index (χ1) is 10.2. The predicted octanol–water partition coefficient (Wildman–Crippen LogP) is 4.38. The average molecular weight is 298 g/mol. The van der Waals surface area contributed by atoms with E-state index in [0.29, 0.717) is 0 Å². The van der Waals surface area contributed by atoms with Gasteiger partial charge in [0.25, 0.3) is 5.91 Å². The third kappa shape index (κ3) is 3.22. The Hall–Kier alpha value is -1.94. The van der Waals surface area contributed by atoms with Crippen LogP contribution in [-0.2, 0) is 0 Å². The molecule has 0 radical (unpaired) electrons. The first-order valence-corrected chi connectivity index (χ1v) is 8.12. The molecule has 2 aromatic rings. The van der Waals surface area contributed by atoms with Crippen molar-refractivity contribution in [3.05, 3.63) is 46.2 Å². The first-order valence-electron chi connectivity index (χ1n) is 7.24. The van der Waals surface area contributed by atoms with E-state index in [4.69, 9.17) is 0 Å². The van der Waals surface area contributed by atoms with Gasteiger partial charge in [0.15, 0.2) is 0 Å². The zero-order valence-electron chi connectivity index (χ0n) is 12.1. The second kappa shape index (κ2) is 6.22. The lowest BCUT2D eigenvalue weighted by Crippen LogP contribution is -2.18. The highest BCUT2D eigenvalue weighted by Crippen LogP contribution is 2.28. The van der Waals surface area contributed by atoms with Gasteiger partial charge in [-0.15, -0.1) is 11.3 Å². The summed E-state index contributed by atoms with van der Waals surface area (Å²) in [5, 5.41) is 6.20. The Kier molecular flexibility index (Phi) is 4.15. The summed E-state index contributed by atoms with van der Waals surface area (Å²) >= 11 is 1.46. The lowest BCUT2D eigenvalue weighted by Gasteiger charge is -2.04. The maximum absolute atomic E-state index is 12.3. The van der Waals surface area contributed by atoms with Gasteiger partial charge in [-0.05, 0) is 49.6 Å². The molecule has 108 valence electrons. The van der Waals surface area contributed by atoms with Crippen molar-refractivity contribution in [2.45, 2.75) is 32.6 Å². The minimum absolute atomic E-state index is 0.111. The van der Waals surface area contributed by atoms with Crippen LogP contribution in [0.25, 0.3) is 11.1 Å². The van der Waals surface area contributed by atoms with Crippen molar-refractivity contribution in [2.75, 3.05) is 0 Å². The van der Waals surface area contributed by atoms with E-state index in [0.717, 1.165) is 34.6 Å². The molecule has 4 heteroatoms. The predicted molar refractivity (Wildman–Crippen MR) is 87.9 cm³/mol. The number of benzene rings is 1. The Labute approximate surface area is 128 Å². The monoisotopic (exact) mass is 298 g/mol. The highest BCUT2D eigenvalue weighted by atomic mass is 32.1. The number of carbonyl (C=O) groups excluding carboxylic acids is 1. The van der Waals surface area contributed by atoms with Crippen LogP contribution in [-0.4, -0.2) is 11.6 Å². The number of aryl methyl sites for hydroxylation is 1. The Bertz CT molecular complexity index is 662. The molecule has 3 nitrogen and oxygen atoms in total. The molecule has 1 N–H and O–H groups in total. The van der Waals surface area contributed by atoms with Crippen LogP contribution in [0.2, 0.25) is 0 Å². The molecule has 0 spiro atoms. The van der Waals surface area contributed by atoms with E-state index in [-0.39, 0.29) is 5.91 Å². The summed E-state index contributed by atoms with van der Waals surface area (Å²) in [7, 11) is 0. The third-order valence-electron chi connectivity index (χ3n) is 3.73. The van der Waals surface area contributed by atoms with Crippen LogP contribution < -0.4 is 5.43 Å². The van der Waals surface area contributed by atoms with Gasteiger partial charge in [0.1, 0.15) is 4.88 Å². The van der Waals surface area contributed by atoms with E-state index in [9.17, 15) is 4.79 Å². The molecule has 0 aliphatic heterocycles. The standard InChI is InChI=1S/C17H18N2OS/c1-12-6-8-13(9-7-12)15-10-11-21-16(15)17(20)19-18-14-4-2-3-5-14/h6-11H,2-5H2,1H3,(H,19,20). The molecular formula is C17H18N2OS. The van der Waals surface area contributed by atoms with Crippen molar-refractivity contribution in [1.82, 2.24) is 5.43 Å². The van der Waals surface area contributed by atoms with Gasteiger partial charge in [-0.25, -0.2) is 5.43 Å². The van der Waals surface area contributed by atoms with Crippen LogP contribution in [0.5, 0.6) is 0 Å². The third-order valence-corrected chi connectivity index (χ3v) is 4.64. The highest BCUT2D eigenvalue weighted by Gasteiger charge is 2.15. The molecule has 1 heterocycles. The van der Waals surface area contributed by atoms with Crippen molar-refractivity contribution < 1.29 is 4.79 Å². The molecule has 1 aliphatic carbocycles. The molecule has 0 bridgehead atoms. The van der Waals surface area contributed by atoms with Gasteiger partial charge >= 0.3 is 0 Å². The summed E-state index contributed by atoms with van der Waals surface area (Å²) in [5.41, 5.74) is 7.08.